The summed E-state index contributed by atoms with van der Waals surface area (Å²) in [5.41, 5.74) is 1.50. The SMILES string of the molecule is Br.Br.CN1CCN(c2nccc(-c3ccccc3O)n2)CC1. The van der Waals surface area contributed by atoms with E-state index in [-0.39, 0.29) is 39.7 Å². The summed E-state index contributed by atoms with van der Waals surface area (Å²) in [6.45, 7) is 3.90. The first-order valence-corrected chi connectivity index (χ1v) is 6.79. The van der Waals surface area contributed by atoms with E-state index in [0.29, 0.717) is 0 Å². The van der Waals surface area contributed by atoms with Crippen molar-refractivity contribution in [1.82, 2.24) is 14.9 Å². The van der Waals surface area contributed by atoms with Gasteiger partial charge in [-0.15, -0.1) is 34.0 Å². The van der Waals surface area contributed by atoms with Crippen LogP contribution in [0.15, 0.2) is 36.5 Å². The molecule has 0 unspecified atom stereocenters. The lowest BCUT2D eigenvalue weighted by Gasteiger charge is -2.32. The van der Waals surface area contributed by atoms with Gasteiger partial charge in [0.25, 0.3) is 0 Å². The molecule has 22 heavy (non-hydrogen) atoms. The van der Waals surface area contributed by atoms with E-state index in [0.717, 1.165) is 43.4 Å². The van der Waals surface area contributed by atoms with Crippen LogP contribution in [0.4, 0.5) is 5.95 Å². The van der Waals surface area contributed by atoms with Gasteiger partial charge in [0, 0.05) is 37.9 Å². The number of nitrogens with zero attached hydrogens (tertiary/aromatic N) is 4. The predicted octanol–water partition coefficient (Wildman–Crippen LogP) is 2.76. The third-order valence-electron chi connectivity index (χ3n) is 3.61. The van der Waals surface area contributed by atoms with Gasteiger partial charge in [-0.25, -0.2) is 9.97 Å². The Morgan fingerprint density at radius 3 is 2.36 bits per heavy atom. The summed E-state index contributed by atoms with van der Waals surface area (Å²) in [6.07, 6.45) is 1.75. The van der Waals surface area contributed by atoms with Gasteiger partial charge < -0.3 is 14.9 Å². The van der Waals surface area contributed by atoms with Crippen LogP contribution in [0.3, 0.4) is 0 Å². The lowest BCUT2D eigenvalue weighted by Crippen LogP contribution is -2.45. The highest BCUT2D eigenvalue weighted by molar-refractivity contribution is 8.93. The molecule has 1 aliphatic rings. The van der Waals surface area contributed by atoms with E-state index in [1.165, 1.54) is 0 Å². The molecule has 0 aliphatic carbocycles. The number of anilines is 1. The Labute approximate surface area is 151 Å². The monoisotopic (exact) mass is 430 g/mol. The summed E-state index contributed by atoms with van der Waals surface area (Å²) in [4.78, 5) is 13.4. The minimum atomic E-state index is 0. The highest BCUT2D eigenvalue weighted by Gasteiger charge is 2.17. The molecule has 0 saturated carbocycles. The van der Waals surface area contributed by atoms with Gasteiger partial charge in [-0.1, -0.05) is 12.1 Å². The molecule has 0 radical (unpaired) electrons. The molecule has 1 aromatic heterocycles. The van der Waals surface area contributed by atoms with Crippen LogP contribution in [0.1, 0.15) is 0 Å². The van der Waals surface area contributed by atoms with E-state index in [1.54, 1.807) is 18.3 Å². The molecule has 120 valence electrons. The Bertz CT molecular complexity index is 604. The summed E-state index contributed by atoms with van der Waals surface area (Å²) in [6, 6.07) is 9.07. The molecule has 1 saturated heterocycles. The molecule has 1 aromatic carbocycles. The second-order valence-electron chi connectivity index (χ2n) is 5.05. The third-order valence-corrected chi connectivity index (χ3v) is 3.61. The quantitative estimate of drug-likeness (QED) is 0.792. The molecule has 0 spiro atoms. The van der Waals surface area contributed by atoms with E-state index < -0.39 is 0 Å². The second-order valence-corrected chi connectivity index (χ2v) is 5.05. The van der Waals surface area contributed by atoms with Gasteiger partial charge >= 0.3 is 0 Å². The molecule has 2 heterocycles. The molecule has 3 rings (SSSR count). The Morgan fingerprint density at radius 2 is 1.68 bits per heavy atom. The molecular formula is C15H20Br2N4O. The number of benzene rings is 1. The van der Waals surface area contributed by atoms with Crippen molar-refractivity contribution < 1.29 is 5.11 Å². The molecular weight excluding hydrogens is 412 g/mol. The molecule has 0 atom stereocenters. The van der Waals surface area contributed by atoms with Crippen LogP contribution < -0.4 is 4.90 Å². The molecule has 5 nitrogen and oxygen atoms in total. The Morgan fingerprint density at radius 1 is 1.00 bits per heavy atom. The maximum absolute atomic E-state index is 9.92. The summed E-state index contributed by atoms with van der Waals surface area (Å²) < 4.78 is 0. The smallest absolute Gasteiger partial charge is 0.225 e. The zero-order valence-electron chi connectivity index (χ0n) is 12.3. The summed E-state index contributed by atoms with van der Waals surface area (Å²) >= 11 is 0. The Balaban J connectivity index is 0.00000121. The fraction of sp³-hybridized carbons (Fsp3) is 0.333. The topological polar surface area (TPSA) is 52.5 Å². The fourth-order valence-corrected chi connectivity index (χ4v) is 2.35. The van der Waals surface area contributed by atoms with Crippen molar-refractivity contribution in [3.05, 3.63) is 36.5 Å². The van der Waals surface area contributed by atoms with Gasteiger partial charge in [-0.05, 0) is 25.2 Å². The number of phenols is 1. The number of hydrogen-bond acceptors (Lipinski definition) is 5. The minimum absolute atomic E-state index is 0. The average Bonchev–Trinajstić information content (AvgIpc) is 2.49. The highest BCUT2D eigenvalue weighted by Crippen LogP contribution is 2.27. The Hall–Kier alpha value is -1.18. The largest absolute Gasteiger partial charge is 0.507 e. The standard InChI is InChI=1S/C15H18N4O.2BrH/c1-18-8-10-19(11-9-18)15-16-7-6-13(17-15)12-4-2-3-5-14(12)20;;/h2-7,20H,8-11H2,1H3;2*1H. The van der Waals surface area contributed by atoms with E-state index >= 15 is 0 Å². The first-order valence-electron chi connectivity index (χ1n) is 6.79. The predicted molar refractivity (Wildman–Crippen MR) is 99.5 cm³/mol. The van der Waals surface area contributed by atoms with Crippen molar-refractivity contribution in [2.45, 2.75) is 0 Å². The molecule has 1 fully saturated rings. The fourth-order valence-electron chi connectivity index (χ4n) is 2.35. The van der Waals surface area contributed by atoms with Crippen LogP contribution in [0.5, 0.6) is 5.75 Å². The van der Waals surface area contributed by atoms with E-state index in [9.17, 15) is 5.11 Å². The zero-order valence-corrected chi connectivity index (χ0v) is 15.8. The van der Waals surface area contributed by atoms with E-state index in [4.69, 9.17) is 0 Å². The number of aromatic nitrogens is 2. The number of aromatic hydroxyl groups is 1. The van der Waals surface area contributed by atoms with Crippen LogP contribution in [-0.4, -0.2) is 53.2 Å². The number of phenolic OH excluding ortho intramolecular Hbond substituents is 1. The Kier molecular flexibility index (Phi) is 7.25. The maximum Gasteiger partial charge on any atom is 0.225 e. The molecule has 1 N–H and O–H groups in total. The molecule has 0 bridgehead atoms. The second kappa shape index (κ2) is 8.45. The molecule has 7 heteroatoms. The van der Waals surface area contributed by atoms with Crippen LogP contribution in [0.25, 0.3) is 11.3 Å². The first kappa shape index (κ1) is 18.9. The van der Waals surface area contributed by atoms with Crippen molar-refractivity contribution in [2.24, 2.45) is 0 Å². The highest BCUT2D eigenvalue weighted by atomic mass is 79.9. The van der Waals surface area contributed by atoms with Crippen LogP contribution >= 0.6 is 34.0 Å². The number of halogens is 2. The maximum atomic E-state index is 9.92. The van der Waals surface area contributed by atoms with Crippen LogP contribution in [0.2, 0.25) is 0 Å². The number of hydrogen-bond donors (Lipinski definition) is 1. The van der Waals surface area contributed by atoms with Crippen molar-refractivity contribution in [3.63, 3.8) is 0 Å². The minimum Gasteiger partial charge on any atom is -0.507 e. The van der Waals surface area contributed by atoms with Crippen molar-refractivity contribution in [1.29, 1.82) is 0 Å². The van der Waals surface area contributed by atoms with Gasteiger partial charge in [0.2, 0.25) is 5.95 Å². The number of rotatable bonds is 2. The van der Waals surface area contributed by atoms with Crippen molar-refractivity contribution in [2.75, 3.05) is 38.1 Å². The van der Waals surface area contributed by atoms with Crippen LogP contribution in [-0.2, 0) is 0 Å². The zero-order chi connectivity index (χ0) is 13.9. The molecule has 2 aromatic rings. The summed E-state index contributed by atoms with van der Waals surface area (Å²) in [7, 11) is 2.12. The van der Waals surface area contributed by atoms with Gasteiger partial charge in [0.15, 0.2) is 0 Å². The normalized spacial score (nSPS) is 14.9. The van der Waals surface area contributed by atoms with Crippen LogP contribution in [0, 0.1) is 0 Å². The van der Waals surface area contributed by atoms with Gasteiger partial charge in [-0.3, -0.25) is 0 Å². The van der Waals surface area contributed by atoms with Gasteiger partial charge in [0.05, 0.1) is 5.69 Å². The third kappa shape index (κ3) is 4.18. The first-order chi connectivity index (χ1) is 9.74. The van der Waals surface area contributed by atoms with E-state index in [1.807, 2.05) is 18.2 Å². The number of piperazine rings is 1. The lowest BCUT2D eigenvalue weighted by atomic mass is 10.1. The van der Waals surface area contributed by atoms with Gasteiger partial charge in [-0.2, -0.15) is 0 Å². The van der Waals surface area contributed by atoms with Crippen molar-refractivity contribution >= 4 is 39.9 Å². The average molecular weight is 432 g/mol. The van der Waals surface area contributed by atoms with Gasteiger partial charge in [0.1, 0.15) is 5.75 Å². The van der Waals surface area contributed by atoms with E-state index in [2.05, 4.69) is 26.8 Å². The molecule has 0 amide bonds. The lowest BCUT2D eigenvalue weighted by molar-refractivity contribution is 0.311. The number of likely N-dealkylation sites (N-methyl/N-ethyl adjacent to an activating group) is 1. The molecule has 1 aliphatic heterocycles. The van der Waals surface area contributed by atoms with Crippen molar-refractivity contribution in [3.8, 4) is 17.0 Å². The summed E-state index contributed by atoms with van der Waals surface area (Å²) in [5.74, 6) is 0.981. The summed E-state index contributed by atoms with van der Waals surface area (Å²) in [5, 5.41) is 9.92. The number of para-hydroxylation sites is 1.